The second kappa shape index (κ2) is 7.23. The van der Waals surface area contributed by atoms with Gasteiger partial charge in [-0.2, -0.15) is 0 Å². The van der Waals surface area contributed by atoms with Crippen molar-refractivity contribution in [3.63, 3.8) is 0 Å². The van der Waals surface area contributed by atoms with E-state index in [4.69, 9.17) is 0 Å². The summed E-state index contributed by atoms with van der Waals surface area (Å²) >= 11 is 0. The molecule has 0 spiro atoms. The van der Waals surface area contributed by atoms with Crippen LogP contribution in [0, 0.1) is 6.92 Å². The molecule has 0 saturated carbocycles. The van der Waals surface area contributed by atoms with E-state index in [0.717, 1.165) is 10.5 Å². The van der Waals surface area contributed by atoms with Crippen molar-refractivity contribution in [3.8, 4) is 0 Å². The quantitative estimate of drug-likeness (QED) is 0.505. The van der Waals surface area contributed by atoms with Gasteiger partial charge in [-0.3, -0.25) is 14.4 Å². The van der Waals surface area contributed by atoms with Crippen molar-refractivity contribution in [1.29, 1.82) is 0 Å². The Bertz CT molecular complexity index is 1280. The number of hydrogen-bond donors (Lipinski definition) is 1. The van der Waals surface area contributed by atoms with E-state index in [1.807, 2.05) is 6.92 Å². The van der Waals surface area contributed by atoms with E-state index < -0.39 is 21.7 Å². The van der Waals surface area contributed by atoms with E-state index in [2.05, 4.69) is 5.32 Å². The smallest absolute Gasteiger partial charge is 0.266 e. The van der Waals surface area contributed by atoms with Gasteiger partial charge in [0.05, 0.1) is 26.6 Å². The van der Waals surface area contributed by atoms with Crippen LogP contribution in [0.3, 0.4) is 0 Å². The normalized spacial score (nSPS) is 13.3. The molecule has 0 radical (unpaired) electrons. The third-order valence-corrected chi connectivity index (χ3v) is 6.62. The third-order valence-electron chi connectivity index (χ3n) is 4.84. The van der Waals surface area contributed by atoms with Crippen LogP contribution in [0.5, 0.6) is 0 Å². The average Bonchev–Trinajstić information content (AvgIpc) is 2.98. The van der Waals surface area contributed by atoms with Gasteiger partial charge in [0.25, 0.3) is 11.8 Å². The summed E-state index contributed by atoms with van der Waals surface area (Å²) in [5.74, 6) is -0.878. The molecule has 30 heavy (non-hydrogen) atoms. The predicted octanol–water partition coefficient (Wildman–Crippen LogP) is 3.20. The fourth-order valence-corrected chi connectivity index (χ4v) is 4.56. The van der Waals surface area contributed by atoms with Gasteiger partial charge < -0.3 is 5.32 Å². The number of anilines is 2. The first-order valence-corrected chi connectivity index (χ1v) is 10.5. The number of rotatable bonds is 5. The van der Waals surface area contributed by atoms with Gasteiger partial charge in [0.15, 0.2) is 0 Å². The highest BCUT2D eigenvalue weighted by Crippen LogP contribution is 2.31. The number of carbonyl (C=O) groups is 3. The first kappa shape index (κ1) is 19.5. The standard InChI is InChI=1S/C22H16N2O5S/c1-14-2-11-19-20(12-14)22(27)24(21(19)26)16-5-9-18(10-6-16)30(28,29)17-7-3-15(4-8-17)23-13-25/h2-13H,1H3,(H,23,25). The number of hydrogen-bond acceptors (Lipinski definition) is 5. The molecule has 150 valence electrons. The van der Waals surface area contributed by atoms with E-state index in [0.29, 0.717) is 28.9 Å². The number of aryl methyl sites for hydroxylation is 1. The van der Waals surface area contributed by atoms with Crippen LogP contribution in [0.2, 0.25) is 0 Å². The lowest BCUT2D eigenvalue weighted by Gasteiger charge is -2.14. The molecule has 1 heterocycles. The van der Waals surface area contributed by atoms with Crippen molar-refractivity contribution in [3.05, 3.63) is 83.4 Å². The van der Waals surface area contributed by atoms with Crippen molar-refractivity contribution >= 4 is 39.4 Å². The van der Waals surface area contributed by atoms with Crippen molar-refractivity contribution < 1.29 is 22.8 Å². The van der Waals surface area contributed by atoms with E-state index in [-0.39, 0.29) is 9.79 Å². The van der Waals surface area contributed by atoms with Gasteiger partial charge in [0, 0.05) is 5.69 Å². The van der Waals surface area contributed by atoms with Gasteiger partial charge in [0.2, 0.25) is 16.2 Å². The minimum atomic E-state index is -3.80. The summed E-state index contributed by atoms with van der Waals surface area (Å²) in [7, 11) is -3.80. The molecular weight excluding hydrogens is 404 g/mol. The highest BCUT2D eigenvalue weighted by atomic mass is 32.2. The van der Waals surface area contributed by atoms with Gasteiger partial charge in [-0.05, 0) is 67.6 Å². The molecule has 1 aliphatic rings. The molecule has 0 saturated heterocycles. The number of carbonyl (C=O) groups excluding carboxylic acids is 3. The van der Waals surface area contributed by atoms with Crippen molar-refractivity contribution in [1.82, 2.24) is 0 Å². The second-order valence-corrected chi connectivity index (χ2v) is 8.73. The number of nitrogens with one attached hydrogen (secondary N) is 1. The molecule has 0 aromatic heterocycles. The Morgan fingerprint density at radius 3 is 1.97 bits per heavy atom. The number of nitrogens with zero attached hydrogens (tertiary/aromatic N) is 1. The fraction of sp³-hybridized carbons (Fsp3) is 0.0455. The Hall–Kier alpha value is -3.78. The maximum Gasteiger partial charge on any atom is 0.266 e. The van der Waals surface area contributed by atoms with Gasteiger partial charge in [-0.1, -0.05) is 11.6 Å². The van der Waals surface area contributed by atoms with Crippen molar-refractivity contribution in [2.75, 3.05) is 10.2 Å². The van der Waals surface area contributed by atoms with Crippen LogP contribution in [0.4, 0.5) is 11.4 Å². The van der Waals surface area contributed by atoms with Crippen LogP contribution in [0.1, 0.15) is 26.3 Å². The van der Waals surface area contributed by atoms with Crippen LogP contribution in [-0.4, -0.2) is 26.6 Å². The summed E-state index contributed by atoms with van der Waals surface area (Å²) in [4.78, 5) is 37.0. The van der Waals surface area contributed by atoms with Gasteiger partial charge in [0.1, 0.15) is 0 Å². The van der Waals surface area contributed by atoms with E-state index in [9.17, 15) is 22.8 Å². The first-order valence-electron chi connectivity index (χ1n) is 8.98. The van der Waals surface area contributed by atoms with Crippen LogP contribution in [0.25, 0.3) is 0 Å². The maximum absolute atomic E-state index is 12.8. The highest BCUT2D eigenvalue weighted by molar-refractivity contribution is 7.91. The Balaban J connectivity index is 1.64. The molecule has 7 nitrogen and oxygen atoms in total. The number of benzene rings is 3. The summed E-state index contributed by atoms with van der Waals surface area (Å²) in [6, 6.07) is 16.4. The number of sulfone groups is 1. The molecule has 3 aromatic carbocycles. The third kappa shape index (κ3) is 3.17. The van der Waals surface area contributed by atoms with Crippen LogP contribution < -0.4 is 10.2 Å². The van der Waals surface area contributed by atoms with Gasteiger partial charge in [-0.15, -0.1) is 0 Å². The molecule has 8 heteroatoms. The molecule has 3 aromatic rings. The van der Waals surface area contributed by atoms with Crippen LogP contribution in [0.15, 0.2) is 76.5 Å². The Kier molecular flexibility index (Phi) is 4.71. The van der Waals surface area contributed by atoms with Crippen LogP contribution in [-0.2, 0) is 14.6 Å². The minimum Gasteiger partial charge on any atom is -0.329 e. The SMILES string of the molecule is Cc1ccc2c(c1)C(=O)N(c1ccc(S(=O)(=O)c3ccc(NC=O)cc3)cc1)C2=O. The molecular formula is C22H16N2O5S. The summed E-state index contributed by atoms with van der Waals surface area (Å²) < 4.78 is 25.7. The summed E-state index contributed by atoms with van der Waals surface area (Å²) in [6.45, 7) is 1.84. The zero-order valence-electron chi connectivity index (χ0n) is 15.8. The van der Waals surface area contributed by atoms with Gasteiger partial charge in [-0.25, -0.2) is 13.3 Å². The lowest BCUT2D eigenvalue weighted by atomic mass is 10.1. The number of imide groups is 1. The fourth-order valence-electron chi connectivity index (χ4n) is 3.30. The predicted molar refractivity (Wildman–Crippen MR) is 110 cm³/mol. The zero-order chi connectivity index (χ0) is 21.5. The number of amides is 3. The largest absolute Gasteiger partial charge is 0.329 e. The molecule has 1 aliphatic heterocycles. The maximum atomic E-state index is 12.8. The van der Waals surface area contributed by atoms with Crippen LogP contribution >= 0.6 is 0 Å². The first-order chi connectivity index (χ1) is 14.3. The van der Waals surface area contributed by atoms with E-state index in [1.165, 1.54) is 48.5 Å². The lowest BCUT2D eigenvalue weighted by Crippen LogP contribution is -2.29. The zero-order valence-corrected chi connectivity index (χ0v) is 16.6. The summed E-state index contributed by atoms with van der Waals surface area (Å²) in [5.41, 5.74) is 2.29. The molecule has 0 unspecified atom stereocenters. The number of fused-ring (bicyclic) bond motifs is 1. The second-order valence-electron chi connectivity index (χ2n) is 6.78. The Morgan fingerprint density at radius 1 is 0.800 bits per heavy atom. The molecule has 0 atom stereocenters. The molecule has 0 fully saturated rings. The molecule has 1 N–H and O–H groups in total. The Labute approximate surface area is 172 Å². The highest BCUT2D eigenvalue weighted by Gasteiger charge is 2.36. The van der Waals surface area contributed by atoms with Crippen molar-refractivity contribution in [2.24, 2.45) is 0 Å². The molecule has 0 bridgehead atoms. The van der Waals surface area contributed by atoms with E-state index in [1.54, 1.807) is 18.2 Å². The summed E-state index contributed by atoms with van der Waals surface area (Å²) in [5, 5.41) is 2.44. The minimum absolute atomic E-state index is 0.0230. The monoisotopic (exact) mass is 420 g/mol. The molecule has 4 rings (SSSR count). The summed E-state index contributed by atoms with van der Waals surface area (Å²) in [6.07, 6.45) is 0.503. The van der Waals surface area contributed by atoms with Crippen molar-refractivity contribution in [2.45, 2.75) is 16.7 Å². The lowest BCUT2D eigenvalue weighted by molar-refractivity contribution is -0.105. The Morgan fingerprint density at radius 2 is 1.37 bits per heavy atom. The average molecular weight is 420 g/mol. The van der Waals surface area contributed by atoms with E-state index >= 15 is 0 Å². The van der Waals surface area contributed by atoms with Gasteiger partial charge >= 0.3 is 0 Å². The topological polar surface area (TPSA) is 101 Å². The molecule has 3 amide bonds. The molecule has 0 aliphatic carbocycles.